The minimum Gasteiger partial charge on any atom is -0.394 e. The van der Waals surface area contributed by atoms with Crippen molar-refractivity contribution >= 4 is 5.91 Å². The van der Waals surface area contributed by atoms with E-state index in [1.54, 1.807) is 0 Å². The van der Waals surface area contributed by atoms with Crippen LogP contribution in [0.1, 0.15) is 110 Å². The van der Waals surface area contributed by atoms with Gasteiger partial charge in [0.25, 0.3) is 5.91 Å². The maximum Gasteiger partial charge on any atom is 0.251 e. The number of hydrogen-bond donors (Lipinski definition) is 6. The third-order valence-electron chi connectivity index (χ3n) is 5.85. The number of unbranched alkanes of at least 4 members (excludes halogenated alkanes) is 15. The first kappa shape index (κ1) is 30.3. The quantitative estimate of drug-likeness (QED) is 0.142. The predicted molar refractivity (Wildman–Crippen MR) is 124 cm³/mol. The average Bonchev–Trinajstić information content (AvgIpc) is 2.78. The van der Waals surface area contributed by atoms with Gasteiger partial charge in [-0.3, -0.25) is 4.79 Å². The Balaban J connectivity index is 3.45. The van der Waals surface area contributed by atoms with Gasteiger partial charge in [-0.25, -0.2) is 0 Å². The van der Waals surface area contributed by atoms with Crippen molar-refractivity contribution in [3.05, 3.63) is 0 Å². The molecule has 4 atom stereocenters. The van der Waals surface area contributed by atoms with E-state index in [0.29, 0.717) is 6.54 Å². The Hall–Kier alpha value is -0.730. The van der Waals surface area contributed by atoms with Crippen LogP contribution in [-0.4, -0.2) is 69.0 Å². The molecular weight excluding hydrogens is 398 g/mol. The summed E-state index contributed by atoms with van der Waals surface area (Å²) in [5, 5.41) is 49.4. The molecule has 31 heavy (non-hydrogen) atoms. The number of carbonyl (C=O) groups is 1. The summed E-state index contributed by atoms with van der Waals surface area (Å²) in [5.41, 5.74) is 0. The van der Waals surface area contributed by atoms with E-state index >= 15 is 0 Å². The van der Waals surface area contributed by atoms with Gasteiger partial charge < -0.3 is 30.8 Å². The smallest absolute Gasteiger partial charge is 0.251 e. The molecule has 1 amide bonds. The van der Waals surface area contributed by atoms with Gasteiger partial charge in [0.15, 0.2) is 6.10 Å². The molecule has 0 aliphatic carbocycles. The molecule has 0 aromatic rings. The zero-order valence-corrected chi connectivity index (χ0v) is 19.7. The number of hydrogen-bond acceptors (Lipinski definition) is 6. The lowest BCUT2D eigenvalue weighted by Gasteiger charge is -2.24. The molecule has 0 fully saturated rings. The molecule has 0 bridgehead atoms. The molecular formula is C24H49NO6. The Morgan fingerprint density at radius 2 is 1.03 bits per heavy atom. The SMILES string of the molecule is CCCCCCCCCCCCCCCCCCNC(=O)C(O)C(O)C(O)C(O)CO. The lowest BCUT2D eigenvalue weighted by molar-refractivity contribution is -0.148. The van der Waals surface area contributed by atoms with Crippen molar-refractivity contribution in [1.29, 1.82) is 0 Å². The Labute approximate surface area is 189 Å². The highest BCUT2D eigenvalue weighted by molar-refractivity contribution is 5.81. The minimum atomic E-state index is -1.85. The van der Waals surface area contributed by atoms with Gasteiger partial charge in [0.05, 0.1) is 6.61 Å². The first-order valence-corrected chi connectivity index (χ1v) is 12.6. The summed E-state index contributed by atoms with van der Waals surface area (Å²) in [6.07, 6.45) is 13.2. The molecule has 0 saturated carbocycles. The number of aliphatic hydroxyl groups is 5. The van der Waals surface area contributed by atoms with Crippen molar-refractivity contribution in [2.24, 2.45) is 0 Å². The van der Waals surface area contributed by atoms with E-state index in [2.05, 4.69) is 12.2 Å². The molecule has 0 heterocycles. The van der Waals surface area contributed by atoms with Crippen LogP contribution in [0.15, 0.2) is 0 Å². The van der Waals surface area contributed by atoms with Crippen molar-refractivity contribution in [2.45, 2.75) is 134 Å². The largest absolute Gasteiger partial charge is 0.394 e. The monoisotopic (exact) mass is 447 g/mol. The second kappa shape index (κ2) is 21.1. The fourth-order valence-electron chi connectivity index (χ4n) is 3.67. The van der Waals surface area contributed by atoms with Crippen LogP contribution in [-0.2, 0) is 4.79 Å². The second-order valence-corrected chi connectivity index (χ2v) is 8.77. The zero-order chi connectivity index (χ0) is 23.3. The number of nitrogens with one attached hydrogen (secondary N) is 1. The molecule has 0 aromatic heterocycles. The lowest BCUT2D eigenvalue weighted by atomic mass is 10.0. The van der Waals surface area contributed by atoms with E-state index in [0.717, 1.165) is 19.3 Å². The molecule has 0 aromatic carbocycles. The molecule has 4 unspecified atom stereocenters. The highest BCUT2D eigenvalue weighted by Crippen LogP contribution is 2.13. The van der Waals surface area contributed by atoms with Crippen LogP contribution < -0.4 is 5.32 Å². The van der Waals surface area contributed by atoms with E-state index in [1.165, 1.54) is 83.5 Å². The number of aliphatic hydroxyl groups excluding tert-OH is 5. The maximum atomic E-state index is 11.8. The summed E-state index contributed by atoms with van der Waals surface area (Å²) in [7, 11) is 0. The van der Waals surface area contributed by atoms with E-state index in [9.17, 15) is 25.2 Å². The summed E-state index contributed by atoms with van der Waals surface area (Å²) in [6, 6.07) is 0. The van der Waals surface area contributed by atoms with Gasteiger partial charge in [0.1, 0.15) is 18.3 Å². The molecule has 0 radical (unpaired) electrons. The second-order valence-electron chi connectivity index (χ2n) is 8.77. The van der Waals surface area contributed by atoms with Crippen molar-refractivity contribution in [3.8, 4) is 0 Å². The maximum absolute atomic E-state index is 11.8. The van der Waals surface area contributed by atoms with Crippen LogP contribution >= 0.6 is 0 Å². The molecule has 0 aliphatic heterocycles. The van der Waals surface area contributed by atoms with Crippen molar-refractivity contribution in [3.63, 3.8) is 0 Å². The number of carbonyl (C=O) groups excluding carboxylic acids is 1. The molecule has 0 saturated heterocycles. The normalized spacial score (nSPS) is 15.4. The van der Waals surface area contributed by atoms with Crippen molar-refractivity contribution < 1.29 is 30.3 Å². The summed E-state index contributed by atoms with van der Waals surface area (Å²) in [5.74, 6) is -0.794. The van der Waals surface area contributed by atoms with Gasteiger partial charge in [-0.15, -0.1) is 0 Å². The summed E-state index contributed by atoms with van der Waals surface area (Å²) >= 11 is 0. The first-order chi connectivity index (χ1) is 15.0. The molecule has 0 rings (SSSR count). The van der Waals surface area contributed by atoms with Crippen LogP contribution in [0.25, 0.3) is 0 Å². The van der Waals surface area contributed by atoms with Gasteiger partial charge in [-0.2, -0.15) is 0 Å². The van der Waals surface area contributed by atoms with Crippen LogP contribution in [0, 0.1) is 0 Å². The first-order valence-electron chi connectivity index (χ1n) is 12.6. The Kier molecular flexibility index (Phi) is 20.6. The van der Waals surface area contributed by atoms with Crippen molar-refractivity contribution in [1.82, 2.24) is 5.32 Å². The Bertz CT molecular complexity index is 410. The standard InChI is InChI=1S/C24H49NO6/c1-2-3-4-5-6-7-8-9-10-11-12-13-14-15-16-17-18-25-24(31)23(30)22(29)21(28)20(27)19-26/h20-23,26-30H,2-19H2,1H3,(H,25,31). The predicted octanol–water partition coefficient (Wildman–Crippen LogP) is 2.80. The van der Waals surface area contributed by atoms with Gasteiger partial charge in [0.2, 0.25) is 0 Å². The Morgan fingerprint density at radius 3 is 1.42 bits per heavy atom. The average molecular weight is 448 g/mol. The van der Waals surface area contributed by atoms with E-state index in [4.69, 9.17) is 5.11 Å². The molecule has 0 aliphatic rings. The van der Waals surface area contributed by atoms with Gasteiger partial charge >= 0.3 is 0 Å². The highest BCUT2D eigenvalue weighted by atomic mass is 16.4. The molecule has 7 nitrogen and oxygen atoms in total. The minimum absolute atomic E-state index is 0.389. The number of rotatable bonds is 22. The highest BCUT2D eigenvalue weighted by Gasteiger charge is 2.33. The fourth-order valence-corrected chi connectivity index (χ4v) is 3.67. The fraction of sp³-hybridized carbons (Fsp3) is 0.958. The van der Waals surface area contributed by atoms with Crippen molar-refractivity contribution in [2.75, 3.05) is 13.2 Å². The summed E-state index contributed by atoms with van der Waals surface area (Å²) in [4.78, 5) is 11.8. The van der Waals surface area contributed by atoms with E-state index in [1.807, 2.05) is 0 Å². The van der Waals surface area contributed by atoms with Crippen LogP contribution in [0.3, 0.4) is 0 Å². The molecule has 7 heteroatoms. The topological polar surface area (TPSA) is 130 Å². The molecule has 6 N–H and O–H groups in total. The molecule has 186 valence electrons. The van der Waals surface area contributed by atoms with Crippen LogP contribution in [0.4, 0.5) is 0 Å². The molecule has 0 spiro atoms. The van der Waals surface area contributed by atoms with Gasteiger partial charge in [0, 0.05) is 6.54 Å². The third-order valence-corrected chi connectivity index (χ3v) is 5.85. The van der Waals surface area contributed by atoms with Gasteiger partial charge in [-0.05, 0) is 6.42 Å². The number of amides is 1. The summed E-state index contributed by atoms with van der Waals surface area (Å²) in [6.45, 7) is 1.87. The van der Waals surface area contributed by atoms with Crippen LogP contribution in [0.2, 0.25) is 0 Å². The zero-order valence-electron chi connectivity index (χ0n) is 19.7. The third kappa shape index (κ3) is 16.5. The van der Waals surface area contributed by atoms with E-state index < -0.39 is 36.9 Å². The van der Waals surface area contributed by atoms with Crippen LogP contribution in [0.5, 0.6) is 0 Å². The Morgan fingerprint density at radius 1 is 0.645 bits per heavy atom. The van der Waals surface area contributed by atoms with E-state index in [-0.39, 0.29) is 0 Å². The summed E-state index contributed by atoms with van der Waals surface area (Å²) < 4.78 is 0. The van der Waals surface area contributed by atoms with Gasteiger partial charge in [-0.1, -0.05) is 103 Å². The lowest BCUT2D eigenvalue weighted by Crippen LogP contribution is -2.51.